The van der Waals surface area contributed by atoms with Crippen molar-refractivity contribution in [3.05, 3.63) is 54.1 Å². The van der Waals surface area contributed by atoms with Gasteiger partial charge in [0.2, 0.25) is 5.91 Å². The molecule has 140 valence electrons. The number of carbonyl (C=O) groups excluding carboxylic acids is 1. The van der Waals surface area contributed by atoms with Gasteiger partial charge in [0.15, 0.2) is 0 Å². The molecule has 1 saturated heterocycles. The second-order valence-electron chi connectivity index (χ2n) is 6.13. The van der Waals surface area contributed by atoms with E-state index in [0.717, 1.165) is 11.4 Å². The lowest BCUT2D eigenvalue weighted by Gasteiger charge is -2.34. The zero-order valence-corrected chi connectivity index (χ0v) is 15.4. The number of rotatable bonds is 6. The molecule has 1 aromatic heterocycles. The Balaban J connectivity index is 1.68. The number of H-pyrrole nitrogens is 1. The lowest BCUT2D eigenvalue weighted by Crippen LogP contribution is -2.52. The maximum absolute atomic E-state index is 12.8. The molecule has 2 N–H and O–H groups in total. The molecule has 0 spiro atoms. The van der Waals surface area contributed by atoms with Crippen molar-refractivity contribution in [2.24, 2.45) is 0 Å². The molecule has 1 amide bonds. The highest BCUT2D eigenvalue weighted by Crippen LogP contribution is 2.26. The number of aromatic nitrogens is 2. The summed E-state index contributed by atoms with van der Waals surface area (Å²) in [5.74, 6) is 0.593. The van der Waals surface area contributed by atoms with Crippen molar-refractivity contribution < 1.29 is 13.2 Å². The molecule has 0 aliphatic carbocycles. The van der Waals surface area contributed by atoms with E-state index >= 15 is 0 Å². The first-order valence-corrected chi connectivity index (χ1v) is 9.96. The molecular formula is C17H23N5O3S. The van der Waals surface area contributed by atoms with Gasteiger partial charge in [-0.15, -0.1) is 0 Å². The fraction of sp³-hybridized carbons (Fsp3) is 0.412. The minimum atomic E-state index is -3.44. The second kappa shape index (κ2) is 7.98. The van der Waals surface area contributed by atoms with Gasteiger partial charge < -0.3 is 9.88 Å². The zero-order valence-electron chi connectivity index (χ0n) is 14.6. The quantitative estimate of drug-likeness (QED) is 0.768. The van der Waals surface area contributed by atoms with Crippen LogP contribution in [0.1, 0.15) is 23.7 Å². The van der Waals surface area contributed by atoms with E-state index in [1.807, 2.05) is 30.3 Å². The number of aromatic amines is 1. The fourth-order valence-corrected chi connectivity index (χ4v) is 4.04. The summed E-state index contributed by atoms with van der Waals surface area (Å²) in [6, 6.07) is 9.79. The van der Waals surface area contributed by atoms with Gasteiger partial charge in [-0.3, -0.25) is 4.79 Å². The Hall–Kier alpha value is -2.23. The maximum Gasteiger partial charge on any atom is 0.279 e. The molecule has 9 heteroatoms. The number of nitrogens with one attached hydrogen (secondary N) is 2. The third kappa shape index (κ3) is 4.12. The molecule has 1 aliphatic rings. The summed E-state index contributed by atoms with van der Waals surface area (Å²) in [5.41, 5.74) is 1.02. The van der Waals surface area contributed by atoms with Crippen LogP contribution in [0.15, 0.2) is 42.7 Å². The van der Waals surface area contributed by atoms with E-state index in [0.29, 0.717) is 26.2 Å². The molecule has 1 atom stereocenters. The molecule has 2 aromatic rings. The van der Waals surface area contributed by atoms with Gasteiger partial charge in [-0.2, -0.15) is 12.7 Å². The van der Waals surface area contributed by atoms with Crippen molar-refractivity contribution in [2.45, 2.75) is 12.3 Å². The van der Waals surface area contributed by atoms with Gasteiger partial charge in [-0.25, -0.2) is 9.71 Å². The topological polar surface area (TPSA) is 98.4 Å². The van der Waals surface area contributed by atoms with Gasteiger partial charge in [-0.1, -0.05) is 30.3 Å². The molecule has 0 radical (unpaired) electrons. The van der Waals surface area contributed by atoms with Gasteiger partial charge in [0.1, 0.15) is 5.82 Å². The Morgan fingerprint density at radius 1 is 1.23 bits per heavy atom. The highest BCUT2D eigenvalue weighted by Gasteiger charge is 2.29. The molecule has 1 unspecified atom stereocenters. The van der Waals surface area contributed by atoms with E-state index in [-0.39, 0.29) is 18.2 Å². The fourth-order valence-electron chi connectivity index (χ4n) is 3.14. The van der Waals surface area contributed by atoms with Crippen LogP contribution in [-0.2, 0) is 15.0 Å². The summed E-state index contributed by atoms with van der Waals surface area (Å²) in [5, 5.41) is 0. The predicted molar refractivity (Wildman–Crippen MR) is 97.6 cm³/mol. The van der Waals surface area contributed by atoms with Gasteiger partial charge in [-0.05, 0) is 5.56 Å². The number of hydrogen-bond donors (Lipinski definition) is 2. The van der Waals surface area contributed by atoms with Crippen molar-refractivity contribution in [2.75, 3.05) is 33.2 Å². The van der Waals surface area contributed by atoms with Crippen LogP contribution < -0.4 is 4.72 Å². The van der Waals surface area contributed by atoms with Crippen molar-refractivity contribution in [3.63, 3.8) is 0 Å². The summed E-state index contributed by atoms with van der Waals surface area (Å²) >= 11 is 0. The Labute approximate surface area is 153 Å². The molecule has 0 saturated carbocycles. The van der Waals surface area contributed by atoms with Crippen molar-refractivity contribution in [1.82, 2.24) is 23.9 Å². The number of hydrogen-bond acceptors (Lipinski definition) is 4. The first kappa shape index (κ1) is 18.6. The molecule has 26 heavy (non-hydrogen) atoms. The summed E-state index contributed by atoms with van der Waals surface area (Å²) < 4.78 is 27.4. The van der Waals surface area contributed by atoms with Gasteiger partial charge >= 0.3 is 0 Å². The van der Waals surface area contributed by atoms with Crippen LogP contribution in [0, 0.1) is 0 Å². The molecule has 1 aliphatic heterocycles. The number of imidazole rings is 1. The first-order valence-electron chi connectivity index (χ1n) is 8.52. The lowest BCUT2D eigenvalue weighted by atomic mass is 9.94. The Bertz CT molecular complexity index is 815. The van der Waals surface area contributed by atoms with Gasteiger partial charge in [0.25, 0.3) is 10.2 Å². The summed E-state index contributed by atoms with van der Waals surface area (Å²) in [4.78, 5) is 22.0. The third-order valence-electron chi connectivity index (χ3n) is 4.62. The van der Waals surface area contributed by atoms with Crippen LogP contribution in [-0.4, -0.2) is 66.7 Å². The van der Waals surface area contributed by atoms with Crippen LogP contribution in [0.3, 0.4) is 0 Å². The molecular weight excluding hydrogens is 354 g/mol. The third-order valence-corrected chi connectivity index (χ3v) is 6.18. The number of carbonyl (C=O) groups is 1. The molecule has 0 bridgehead atoms. The highest BCUT2D eigenvalue weighted by atomic mass is 32.2. The SMILES string of the molecule is CNS(=O)(=O)N1CCN(C(=O)CC(c2ccccc2)c2ncc[nH]2)CC1. The molecule has 1 aromatic carbocycles. The molecule has 3 rings (SSSR count). The number of amides is 1. The van der Waals surface area contributed by atoms with E-state index < -0.39 is 10.2 Å². The van der Waals surface area contributed by atoms with Crippen LogP contribution in [0.2, 0.25) is 0 Å². The summed E-state index contributed by atoms with van der Waals surface area (Å²) in [7, 11) is -2.05. The van der Waals surface area contributed by atoms with Crippen molar-refractivity contribution in [3.8, 4) is 0 Å². The average Bonchev–Trinajstić information content (AvgIpc) is 3.21. The minimum absolute atomic E-state index is 0.00300. The lowest BCUT2D eigenvalue weighted by molar-refractivity contribution is -0.132. The van der Waals surface area contributed by atoms with E-state index in [4.69, 9.17) is 0 Å². The van der Waals surface area contributed by atoms with E-state index in [2.05, 4.69) is 14.7 Å². The highest BCUT2D eigenvalue weighted by molar-refractivity contribution is 7.87. The Kier molecular flexibility index (Phi) is 5.70. The van der Waals surface area contributed by atoms with Crippen LogP contribution in [0.5, 0.6) is 0 Å². The van der Waals surface area contributed by atoms with Crippen molar-refractivity contribution >= 4 is 16.1 Å². The summed E-state index contributed by atoms with van der Waals surface area (Å²) in [6.07, 6.45) is 3.71. The van der Waals surface area contributed by atoms with E-state index in [9.17, 15) is 13.2 Å². The smallest absolute Gasteiger partial charge is 0.279 e. The van der Waals surface area contributed by atoms with E-state index in [1.165, 1.54) is 11.4 Å². The standard InChI is InChI=1S/C17H23N5O3S/c1-18-26(24,25)22-11-9-21(10-12-22)16(23)13-15(17-19-7-8-20-17)14-5-3-2-4-6-14/h2-8,15,18H,9-13H2,1H3,(H,19,20). The zero-order chi connectivity index (χ0) is 18.6. The molecule has 2 heterocycles. The largest absolute Gasteiger partial charge is 0.348 e. The second-order valence-corrected chi connectivity index (χ2v) is 8.01. The molecule has 8 nitrogen and oxygen atoms in total. The maximum atomic E-state index is 12.8. The number of piperazine rings is 1. The number of benzene rings is 1. The Morgan fingerprint density at radius 3 is 2.50 bits per heavy atom. The first-order chi connectivity index (χ1) is 12.5. The molecule has 1 fully saturated rings. The van der Waals surface area contributed by atoms with Crippen LogP contribution in [0.4, 0.5) is 0 Å². The monoisotopic (exact) mass is 377 g/mol. The van der Waals surface area contributed by atoms with Gasteiger partial charge in [0, 0.05) is 52.0 Å². The van der Waals surface area contributed by atoms with Crippen LogP contribution in [0.25, 0.3) is 0 Å². The summed E-state index contributed by atoms with van der Waals surface area (Å²) in [6.45, 7) is 1.37. The van der Waals surface area contributed by atoms with E-state index in [1.54, 1.807) is 17.3 Å². The van der Waals surface area contributed by atoms with Crippen LogP contribution >= 0.6 is 0 Å². The average molecular weight is 377 g/mol. The van der Waals surface area contributed by atoms with Gasteiger partial charge in [0.05, 0.1) is 5.92 Å². The predicted octanol–water partition coefficient (Wildman–Crippen LogP) is 0.540. The Morgan fingerprint density at radius 2 is 1.92 bits per heavy atom. The minimum Gasteiger partial charge on any atom is -0.348 e. The number of nitrogens with zero attached hydrogens (tertiary/aromatic N) is 3. The normalized spacial score (nSPS) is 17.2. The van der Waals surface area contributed by atoms with Crippen molar-refractivity contribution in [1.29, 1.82) is 0 Å².